The predicted molar refractivity (Wildman–Crippen MR) is 173 cm³/mol. The predicted octanol–water partition coefficient (Wildman–Crippen LogP) is 5.37. The number of likely N-dealkylation sites (tertiary alicyclic amines) is 1. The van der Waals surface area contributed by atoms with Gasteiger partial charge in [0.15, 0.2) is 6.29 Å². The van der Waals surface area contributed by atoms with E-state index in [0.717, 1.165) is 22.3 Å². The third kappa shape index (κ3) is 9.13. The highest BCUT2D eigenvalue weighted by molar-refractivity contribution is 6.30. The van der Waals surface area contributed by atoms with Crippen LogP contribution in [0.2, 0.25) is 5.02 Å². The number of nitrogens with zero attached hydrogens (tertiary/aromatic N) is 1. The number of hydroxylamine groups is 1. The van der Waals surface area contributed by atoms with Crippen molar-refractivity contribution in [2.75, 3.05) is 25.0 Å². The van der Waals surface area contributed by atoms with Crippen LogP contribution >= 0.6 is 11.6 Å². The number of aliphatic hydroxyl groups excluding tert-OH is 1. The Bertz CT molecular complexity index is 1450. The molecule has 10 nitrogen and oxygen atoms in total. The second-order valence-electron chi connectivity index (χ2n) is 12.1. The molecule has 2 amide bonds. The summed E-state index contributed by atoms with van der Waals surface area (Å²) in [6.45, 7) is 2.07. The average molecular weight is 652 g/mol. The van der Waals surface area contributed by atoms with E-state index >= 15 is 0 Å². The normalized spacial score (nSPS) is 21.4. The monoisotopic (exact) mass is 651 g/mol. The maximum atomic E-state index is 12.6. The van der Waals surface area contributed by atoms with E-state index < -0.39 is 17.8 Å². The summed E-state index contributed by atoms with van der Waals surface area (Å²) in [4.78, 5) is 26.1. The zero-order valence-corrected chi connectivity index (χ0v) is 26.5. The number of amides is 2. The van der Waals surface area contributed by atoms with E-state index in [0.29, 0.717) is 62.4 Å². The number of benzene rings is 3. The molecule has 0 radical (unpaired) electrons. The highest BCUT2D eigenvalue weighted by Crippen LogP contribution is 2.40. The van der Waals surface area contributed by atoms with Crippen molar-refractivity contribution in [2.24, 2.45) is 0 Å². The summed E-state index contributed by atoms with van der Waals surface area (Å²) < 4.78 is 13.0. The molecule has 0 spiro atoms. The van der Waals surface area contributed by atoms with Crippen LogP contribution in [-0.2, 0) is 31.3 Å². The van der Waals surface area contributed by atoms with Crippen molar-refractivity contribution in [1.29, 1.82) is 0 Å². The number of aliphatic hydroxyl groups is 2. The molecule has 46 heavy (non-hydrogen) atoms. The Morgan fingerprint density at radius 3 is 2.28 bits per heavy atom. The molecular formula is C35H42ClN3O7. The van der Waals surface area contributed by atoms with Gasteiger partial charge in [-0.3, -0.25) is 14.8 Å². The van der Waals surface area contributed by atoms with Gasteiger partial charge in [0.05, 0.1) is 24.4 Å². The molecule has 0 aliphatic carbocycles. The smallest absolute Gasteiger partial charge is 0.243 e. The lowest BCUT2D eigenvalue weighted by Gasteiger charge is -2.42. The first-order valence-electron chi connectivity index (χ1n) is 15.8. The summed E-state index contributed by atoms with van der Waals surface area (Å²) >= 11 is 6.06. The van der Waals surface area contributed by atoms with Crippen molar-refractivity contribution < 1.29 is 34.5 Å². The van der Waals surface area contributed by atoms with Gasteiger partial charge in [-0.25, -0.2) is 5.48 Å². The van der Waals surface area contributed by atoms with Crippen LogP contribution in [0.4, 0.5) is 5.69 Å². The third-order valence-electron chi connectivity index (χ3n) is 8.77. The van der Waals surface area contributed by atoms with Crippen molar-refractivity contribution >= 4 is 29.1 Å². The Morgan fingerprint density at radius 2 is 1.61 bits per heavy atom. The quantitative estimate of drug-likeness (QED) is 0.100. The summed E-state index contributed by atoms with van der Waals surface area (Å²) in [5.41, 5.74) is 4.79. The van der Waals surface area contributed by atoms with E-state index in [1.165, 1.54) is 0 Å². The van der Waals surface area contributed by atoms with Gasteiger partial charge in [0.2, 0.25) is 11.8 Å². The van der Waals surface area contributed by atoms with Crippen molar-refractivity contribution in [2.45, 2.75) is 75.7 Å². The number of anilines is 1. The molecule has 246 valence electrons. The molecule has 0 unspecified atom stereocenters. The molecule has 3 aromatic carbocycles. The van der Waals surface area contributed by atoms with E-state index in [1.54, 1.807) is 5.48 Å². The Labute approximate surface area is 274 Å². The number of halogens is 1. The van der Waals surface area contributed by atoms with Crippen LogP contribution < -0.4 is 10.8 Å². The van der Waals surface area contributed by atoms with Gasteiger partial charge in [0, 0.05) is 55.2 Å². The summed E-state index contributed by atoms with van der Waals surface area (Å²) in [6, 6.07) is 22.6. The first-order valence-corrected chi connectivity index (χ1v) is 16.2. The molecule has 5 N–H and O–H groups in total. The molecule has 0 saturated carbocycles. The van der Waals surface area contributed by atoms with Gasteiger partial charge in [-0.15, -0.1) is 0 Å². The minimum atomic E-state index is -0.893. The number of carbonyl (C=O) groups excluding carboxylic acids is 2. The van der Waals surface area contributed by atoms with E-state index in [-0.39, 0.29) is 37.6 Å². The summed E-state index contributed by atoms with van der Waals surface area (Å²) in [6.07, 6.45) is 2.16. The fraction of sp³-hybridized carbons (Fsp3) is 0.429. The third-order valence-corrected chi connectivity index (χ3v) is 9.02. The van der Waals surface area contributed by atoms with Gasteiger partial charge in [-0.2, -0.15) is 0 Å². The molecular weight excluding hydrogens is 610 g/mol. The second-order valence-corrected chi connectivity index (χ2v) is 12.5. The first-order chi connectivity index (χ1) is 22.2. The number of hydrogen-bond donors (Lipinski definition) is 5. The molecule has 2 aliphatic heterocycles. The number of hydrogen-bond acceptors (Lipinski definition) is 8. The van der Waals surface area contributed by atoms with Crippen LogP contribution in [0.5, 0.6) is 0 Å². The lowest BCUT2D eigenvalue weighted by molar-refractivity contribution is -0.253. The topological polar surface area (TPSA) is 141 Å². The minimum Gasteiger partial charge on any atom is -0.392 e. The number of carbonyl (C=O) groups is 2. The zero-order chi connectivity index (χ0) is 32.5. The fourth-order valence-corrected chi connectivity index (χ4v) is 6.21. The molecule has 0 bridgehead atoms. The molecule has 2 aliphatic rings. The summed E-state index contributed by atoms with van der Waals surface area (Å²) in [7, 11) is 0. The highest BCUT2D eigenvalue weighted by Gasteiger charge is 2.37. The van der Waals surface area contributed by atoms with Crippen LogP contribution in [0.3, 0.4) is 0 Å². The first kappa shape index (κ1) is 34.0. The van der Waals surface area contributed by atoms with E-state index in [1.807, 2.05) is 72.8 Å². The van der Waals surface area contributed by atoms with Crippen LogP contribution in [-0.4, -0.2) is 57.9 Å². The SMILES string of the molecule is O=C(CCCCC(=O)Nc1cccc([C@@H]2O[C@H](CN3CCC(O)(c4ccc(Cl)cc4)CC3)C[C@H](c3ccc(CO)cc3)O2)c1)NO. The second kappa shape index (κ2) is 16.0. The maximum absolute atomic E-state index is 12.6. The molecule has 0 aromatic heterocycles. The molecule has 5 rings (SSSR count). The summed E-state index contributed by atoms with van der Waals surface area (Å²) in [5.74, 6) is -0.642. The van der Waals surface area contributed by atoms with Crippen molar-refractivity contribution in [3.05, 3.63) is 100 Å². The van der Waals surface area contributed by atoms with E-state index in [9.17, 15) is 19.8 Å². The van der Waals surface area contributed by atoms with Crippen molar-refractivity contribution in [3.63, 3.8) is 0 Å². The molecule has 3 aromatic rings. The van der Waals surface area contributed by atoms with E-state index in [2.05, 4.69) is 10.2 Å². The lowest BCUT2D eigenvalue weighted by Crippen LogP contribution is -2.46. The van der Waals surface area contributed by atoms with Gasteiger partial charge >= 0.3 is 0 Å². The van der Waals surface area contributed by atoms with Gasteiger partial charge < -0.3 is 29.9 Å². The number of unbranched alkanes of at least 4 members (excludes halogenated alkanes) is 1. The molecule has 3 atom stereocenters. The van der Waals surface area contributed by atoms with Crippen molar-refractivity contribution in [3.8, 4) is 0 Å². The Hall–Kier alpha value is -3.35. The number of piperidine rings is 1. The molecule has 2 fully saturated rings. The van der Waals surface area contributed by atoms with Crippen LogP contribution in [0.15, 0.2) is 72.8 Å². The Morgan fingerprint density at radius 1 is 0.913 bits per heavy atom. The number of nitrogens with one attached hydrogen (secondary N) is 2. The molecule has 2 saturated heterocycles. The number of ether oxygens (including phenoxy) is 2. The minimum absolute atomic E-state index is 0.0337. The van der Waals surface area contributed by atoms with Crippen LogP contribution in [0.1, 0.15) is 79.6 Å². The van der Waals surface area contributed by atoms with Gasteiger partial charge in [0.1, 0.15) is 0 Å². The lowest BCUT2D eigenvalue weighted by atomic mass is 9.84. The van der Waals surface area contributed by atoms with Crippen LogP contribution in [0.25, 0.3) is 0 Å². The largest absolute Gasteiger partial charge is 0.392 e. The maximum Gasteiger partial charge on any atom is 0.243 e. The zero-order valence-electron chi connectivity index (χ0n) is 25.7. The average Bonchev–Trinajstić information content (AvgIpc) is 3.08. The standard InChI is InChI=1S/C35H42ClN3O7/c36-28-14-12-27(13-15-28)35(43)16-18-39(19-17-35)22-30-21-31(25-10-8-24(23-40)9-11-25)46-34(45-30)26-4-3-5-29(20-26)37-32(41)6-1-2-7-33(42)38-44/h3-5,8-15,20,30-31,34,40,43-44H,1-2,6-7,16-19,21-23H2,(H,37,41)(H,38,42)/t30-,31+,34+/m0/s1. The fourth-order valence-electron chi connectivity index (χ4n) is 6.09. The Balaban J connectivity index is 1.25. The summed E-state index contributed by atoms with van der Waals surface area (Å²) in [5, 5.41) is 33.1. The van der Waals surface area contributed by atoms with Crippen molar-refractivity contribution in [1.82, 2.24) is 10.4 Å². The van der Waals surface area contributed by atoms with Gasteiger partial charge in [-0.1, -0.05) is 60.1 Å². The van der Waals surface area contributed by atoms with Gasteiger partial charge in [-0.05, 0) is 66.6 Å². The van der Waals surface area contributed by atoms with E-state index in [4.69, 9.17) is 26.3 Å². The molecule has 2 heterocycles. The highest BCUT2D eigenvalue weighted by atomic mass is 35.5. The van der Waals surface area contributed by atoms with Gasteiger partial charge in [0.25, 0.3) is 0 Å². The Kier molecular flexibility index (Phi) is 11.8. The molecule has 11 heteroatoms. The van der Waals surface area contributed by atoms with Crippen LogP contribution in [0, 0.1) is 0 Å². The number of rotatable bonds is 12.